The Labute approximate surface area is 149 Å². The molecular formula is C17H19ClN2O3S. The third kappa shape index (κ3) is 4.47. The van der Waals surface area contributed by atoms with Crippen LogP contribution in [-0.2, 0) is 17.9 Å². The van der Waals surface area contributed by atoms with Gasteiger partial charge in [-0.25, -0.2) is 4.98 Å². The van der Waals surface area contributed by atoms with Crippen LogP contribution < -0.4 is 4.74 Å². The molecule has 0 amide bonds. The summed E-state index contributed by atoms with van der Waals surface area (Å²) in [5, 5.41) is 12.8. The maximum atomic E-state index is 11.3. The number of halogens is 1. The minimum atomic E-state index is -0.788. The summed E-state index contributed by atoms with van der Waals surface area (Å²) < 4.78 is 5.69. The Morgan fingerprint density at radius 2 is 2.17 bits per heavy atom. The van der Waals surface area contributed by atoms with E-state index in [2.05, 4.69) is 4.98 Å². The SMILES string of the molecule is CC(C(=O)O)N(Cc1csc(COc2ccc(Cl)cc2)n1)C1CC1. The van der Waals surface area contributed by atoms with Crippen LogP contribution >= 0.6 is 22.9 Å². The third-order valence-electron chi connectivity index (χ3n) is 3.99. The third-order valence-corrected chi connectivity index (χ3v) is 5.11. The molecule has 2 aromatic rings. The lowest BCUT2D eigenvalue weighted by Crippen LogP contribution is -2.40. The molecule has 1 heterocycles. The van der Waals surface area contributed by atoms with Crippen LogP contribution in [0.3, 0.4) is 0 Å². The Kier molecular flexibility index (Phi) is 5.38. The highest BCUT2D eigenvalue weighted by Crippen LogP contribution is 2.30. The molecular weight excluding hydrogens is 348 g/mol. The number of aliphatic carboxylic acids is 1. The van der Waals surface area contributed by atoms with Gasteiger partial charge in [-0.1, -0.05) is 11.6 Å². The van der Waals surface area contributed by atoms with Gasteiger partial charge in [-0.3, -0.25) is 9.69 Å². The minimum Gasteiger partial charge on any atom is -0.486 e. The van der Waals surface area contributed by atoms with Crippen LogP contribution in [0.25, 0.3) is 0 Å². The number of ether oxygens (including phenoxy) is 1. The number of carboxylic acid groups (broad SMARTS) is 1. The molecule has 5 nitrogen and oxygen atoms in total. The maximum absolute atomic E-state index is 11.3. The molecule has 0 radical (unpaired) electrons. The van der Waals surface area contributed by atoms with Gasteiger partial charge >= 0.3 is 5.97 Å². The summed E-state index contributed by atoms with van der Waals surface area (Å²) in [5.41, 5.74) is 0.898. The molecule has 1 aromatic heterocycles. The first-order valence-electron chi connectivity index (χ1n) is 7.83. The van der Waals surface area contributed by atoms with Gasteiger partial charge in [0.25, 0.3) is 0 Å². The van der Waals surface area contributed by atoms with Gasteiger partial charge < -0.3 is 9.84 Å². The lowest BCUT2D eigenvalue weighted by molar-refractivity contribution is -0.143. The van der Waals surface area contributed by atoms with Gasteiger partial charge in [-0.15, -0.1) is 11.3 Å². The van der Waals surface area contributed by atoms with E-state index in [1.54, 1.807) is 19.1 Å². The van der Waals surface area contributed by atoms with Crippen molar-refractivity contribution in [3.05, 3.63) is 45.4 Å². The van der Waals surface area contributed by atoms with Crippen molar-refractivity contribution in [3.63, 3.8) is 0 Å². The molecule has 1 aliphatic rings. The van der Waals surface area contributed by atoms with E-state index in [1.165, 1.54) is 11.3 Å². The maximum Gasteiger partial charge on any atom is 0.320 e. The number of carbonyl (C=O) groups is 1. The first-order valence-corrected chi connectivity index (χ1v) is 9.09. The Bertz CT molecular complexity index is 700. The Morgan fingerprint density at radius 3 is 2.79 bits per heavy atom. The second-order valence-corrected chi connectivity index (χ2v) is 7.27. The molecule has 0 bridgehead atoms. The van der Waals surface area contributed by atoms with Crippen LogP contribution in [0.5, 0.6) is 5.75 Å². The summed E-state index contributed by atoms with van der Waals surface area (Å²) in [6, 6.07) is 7.08. The van der Waals surface area contributed by atoms with Gasteiger partial charge in [0, 0.05) is 23.0 Å². The van der Waals surface area contributed by atoms with E-state index >= 15 is 0 Å². The first-order chi connectivity index (χ1) is 11.5. The average molecular weight is 367 g/mol. The largest absolute Gasteiger partial charge is 0.486 e. The number of thiazole rings is 1. The molecule has 1 aliphatic carbocycles. The van der Waals surface area contributed by atoms with Crippen molar-refractivity contribution in [1.29, 1.82) is 0 Å². The monoisotopic (exact) mass is 366 g/mol. The minimum absolute atomic E-state index is 0.367. The van der Waals surface area contributed by atoms with E-state index < -0.39 is 12.0 Å². The van der Waals surface area contributed by atoms with E-state index in [0.29, 0.717) is 24.2 Å². The number of hydrogen-bond donors (Lipinski definition) is 1. The van der Waals surface area contributed by atoms with Crippen molar-refractivity contribution < 1.29 is 14.6 Å². The second kappa shape index (κ2) is 7.51. The van der Waals surface area contributed by atoms with Crippen molar-refractivity contribution >= 4 is 28.9 Å². The van der Waals surface area contributed by atoms with E-state index in [4.69, 9.17) is 16.3 Å². The Hall–Kier alpha value is -1.63. The van der Waals surface area contributed by atoms with Crippen LogP contribution in [0.15, 0.2) is 29.6 Å². The summed E-state index contributed by atoms with van der Waals surface area (Å²) in [4.78, 5) is 17.8. The zero-order valence-corrected chi connectivity index (χ0v) is 14.9. The standard InChI is InChI=1S/C17H19ClN2O3S/c1-11(17(21)22)20(14-4-5-14)8-13-10-24-16(19-13)9-23-15-6-2-12(18)3-7-15/h2-3,6-7,10-11,14H,4-5,8-9H2,1H3,(H,21,22). The number of benzene rings is 1. The van der Waals surface area contributed by atoms with Crippen LogP contribution in [0.2, 0.25) is 5.02 Å². The van der Waals surface area contributed by atoms with Gasteiger partial charge in [-0.05, 0) is 44.0 Å². The molecule has 0 aliphatic heterocycles. The van der Waals surface area contributed by atoms with Crippen LogP contribution in [0.1, 0.15) is 30.5 Å². The van der Waals surface area contributed by atoms with Crippen molar-refractivity contribution in [1.82, 2.24) is 9.88 Å². The zero-order chi connectivity index (χ0) is 17.1. The van der Waals surface area contributed by atoms with E-state index in [9.17, 15) is 9.90 Å². The highest BCUT2D eigenvalue weighted by molar-refractivity contribution is 7.09. The van der Waals surface area contributed by atoms with Gasteiger partial charge in [0.2, 0.25) is 0 Å². The summed E-state index contributed by atoms with van der Waals surface area (Å²) >= 11 is 7.38. The van der Waals surface area contributed by atoms with Crippen molar-refractivity contribution in [3.8, 4) is 5.75 Å². The van der Waals surface area contributed by atoms with Gasteiger partial charge in [0.05, 0.1) is 5.69 Å². The van der Waals surface area contributed by atoms with Crippen molar-refractivity contribution in [2.75, 3.05) is 0 Å². The number of aromatic nitrogens is 1. The lowest BCUT2D eigenvalue weighted by Gasteiger charge is -2.25. The van der Waals surface area contributed by atoms with Crippen molar-refractivity contribution in [2.45, 2.75) is 45.0 Å². The van der Waals surface area contributed by atoms with Crippen LogP contribution in [0.4, 0.5) is 0 Å². The predicted octanol–water partition coefficient (Wildman–Crippen LogP) is 3.81. The molecule has 1 N–H and O–H groups in total. The quantitative estimate of drug-likeness (QED) is 0.769. The number of hydrogen-bond acceptors (Lipinski definition) is 5. The number of nitrogens with zero attached hydrogens (tertiary/aromatic N) is 2. The van der Waals surface area contributed by atoms with Gasteiger partial charge in [-0.2, -0.15) is 0 Å². The molecule has 1 unspecified atom stereocenters. The molecule has 1 fully saturated rings. The fourth-order valence-corrected chi connectivity index (χ4v) is 3.30. The van der Waals surface area contributed by atoms with Crippen LogP contribution in [0, 0.1) is 0 Å². The highest BCUT2D eigenvalue weighted by atomic mass is 35.5. The lowest BCUT2D eigenvalue weighted by atomic mass is 10.2. The second-order valence-electron chi connectivity index (χ2n) is 5.89. The fourth-order valence-electron chi connectivity index (χ4n) is 2.48. The molecule has 0 spiro atoms. The summed E-state index contributed by atoms with van der Waals surface area (Å²) in [6.07, 6.45) is 2.13. The fraction of sp³-hybridized carbons (Fsp3) is 0.412. The highest BCUT2D eigenvalue weighted by Gasteiger charge is 2.35. The molecule has 1 saturated carbocycles. The van der Waals surface area contributed by atoms with E-state index in [1.807, 2.05) is 22.4 Å². The molecule has 3 rings (SSSR count). The van der Waals surface area contributed by atoms with E-state index in [-0.39, 0.29) is 0 Å². The molecule has 128 valence electrons. The van der Waals surface area contributed by atoms with Crippen molar-refractivity contribution in [2.24, 2.45) is 0 Å². The average Bonchev–Trinajstić information content (AvgIpc) is 3.31. The normalized spacial score (nSPS) is 15.5. The number of carboxylic acids is 1. The molecule has 1 atom stereocenters. The predicted molar refractivity (Wildman–Crippen MR) is 93.6 cm³/mol. The number of rotatable bonds is 8. The molecule has 7 heteroatoms. The first kappa shape index (κ1) is 17.2. The molecule has 0 saturated heterocycles. The summed E-state index contributed by atoms with van der Waals surface area (Å²) in [6.45, 7) is 2.69. The van der Waals surface area contributed by atoms with E-state index in [0.717, 1.165) is 29.3 Å². The van der Waals surface area contributed by atoms with Crippen LogP contribution in [-0.4, -0.2) is 33.0 Å². The summed E-state index contributed by atoms with van der Waals surface area (Å²) in [7, 11) is 0. The molecule has 24 heavy (non-hydrogen) atoms. The summed E-state index contributed by atoms with van der Waals surface area (Å²) in [5.74, 6) is -0.0429. The van der Waals surface area contributed by atoms with Gasteiger partial charge in [0.1, 0.15) is 23.4 Å². The van der Waals surface area contributed by atoms with Gasteiger partial charge in [0.15, 0.2) is 0 Å². The smallest absolute Gasteiger partial charge is 0.320 e. The Morgan fingerprint density at radius 1 is 1.46 bits per heavy atom. The Balaban J connectivity index is 1.58. The zero-order valence-electron chi connectivity index (χ0n) is 13.3. The topological polar surface area (TPSA) is 62.7 Å². The molecule has 1 aromatic carbocycles.